The van der Waals surface area contributed by atoms with E-state index < -0.39 is 52.2 Å². The average Bonchev–Trinajstić information content (AvgIpc) is 2.95. The molecule has 0 fully saturated rings. The number of nitrogens with zero attached hydrogens (tertiary/aromatic N) is 1. The van der Waals surface area contributed by atoms with E-state index in [4.69, 9.17) is 13.6 Å². The predicted octanol–water partition coefficient (Wildman–Crippen LogP) is 2.57. The van der Waals surface area contributed by atoms with Crippen LogP contribution in [0, 0.1) is 5.82 Å². The number of halogens is 1. The minimum Gasteiger partial charge on any atom is -0.493 e. The van der Waals surface area contributed by atoms with E-state index in [-0.39, 0.29) is 40.5 Å². The van der Waals surface area contributed by atoms with Crippen LogP contribution >= 0.6 is 0 Å². The van der Waals surface area contributed by atoms with Gasteiger partial charge in [-0.1, -0.05) is 6.07 Å². The normalized spacial score (nSPS) is 15.9. The molecule has 0 aromatic heterocycles. The molecule has 1 heterocycles. The molecule has 2 aromatic carbocycles. The van der Waals surface area contributed by atoms with Gasteiger partial charge in [-0.15, -0.1) is 0 Å². The maximum absolute atomic E-state index is 14.2. The minimum atomic E-state index is -3.80. The zero-order valence-electron chi connectivity index (χ0n) is 21.0. The van der Waals surface area contributed by atoms with Crippen LogP contribution in [0.25, 0.3) is 0 Å². The summed E-state index contributed by atoms with van der Waals surface area (Å²) >= 11 is 0. The molecule has 3 amide bonds. The molecule has 0 saturated carbocycles. The molecule has 2 aromatic rings. The monoisotopic (exact) mass is 481 g/mol. The summed E-state index contributed by atoms with van der Waals surface area (Å²) in [6.45, 7) is 2.87. The van der Waals surface area contributed by atoms with Crippen molar-refractivity contribution in [1.82, 2.24) is 4.90 Å². The van der Waals surface area contributed by atoms with Gasteiger partial charge in [-0.3, -0.25) is 19.3 Å². The highest BCUT2D eigenvalue weighted by molar-refractivity contribution is 7.90. The topological polar surface area (TPSA) is 119 Å². The second kappa shape index (κ2) is 9.18. The van der Waals surface area contributed by atoms with Crippen LogP contribution in [0.1, 0.15) is 50.3 Å². The molecule has 0 aliphatic carbocycles. The number of imide groups is 1. The van der Waals surface area contributed by atoms with Crippen LogP contribution < -0.4 is 14.8 Å². The Bertz CT molecular complexity index is 1350. The van der Waals surface area contributed by atoms with Gasteiger partial charge < -0.3 is 14.8 Å². The van der Waals surface area contributed by atoms with Crippen molar-refractivity contribution in [3.8, 4) is 11.5 Å². The number of carbonyl (C=O) groups is 3. The van der Waals surface area contributed by atoms with E-state index in [1.54, 1.807) is 6.92 Å². The maximum atomic E-state index is 14.2. The van der Waals surface area contributed by atoms with Gasteiger partial charge in [0.1, 0.15) is 15.7 Å². The summed E-state index contributed by atoms with van der Waals surface area (Å²) < 4.78 is 71.1. The molecule has 0 saturated heterocycles. The van der Waals surface area contributed by atoms with Gasteiger partial charge in [-0.25, -0.2) is 12.8 Å². The second-order valence-corrected chi connectivity index (χ2v) is 9.57. The quantitative estimate of drug-likeness (QED) is 0.576. The summed E-state index contributed by atoms with van der Waals surface area (Å²) in [7, 11) is -6.60. The van der Waals surface area contributed by atoms with E-state index in [1.165, 1.54) is 18.2 Å². The molecule has 0 bridgehead atoms. The number of hydrogen-bond donors (Lipinski definition) is 1. The van der Waals surface area contributed by atoms with Crippen LogP contribution in [-0.4, -0.2) is 56.7 Å². The molecule has 1 N–H and O–H groups in total. The Labute approximate surface area is 194 Å². The molecule has 9 nitrogen and oxygen atoms in total. The molecule has 0 radical (unpaired) electrons. The Hall–Kier alpha value is -3.47. The molecule has 176 valence electrons. The minimum absolute atomic E-state index is 0.0498. The SMILES string of the molecule is [2H]C([2H])([2H])Oc1ccc([C@@H](CS(C)(=O)=O)N2C(=O)c3cc(F)cc(NC(C)=O)c3C2=O)cc1OCC. The maximum Gasteiger partial charge on any atom is 0.264 e. The van der Waals surface area contributed by atoms with Gasteiger partial charge >= 0.3 is 0 Å². The van der Waals surface area contributed by atoms with Gasteiger partial charge in [0.05, 0.1) is 46.4 Å². The van der Waals surface area contributed by atoms with E-state index in [0.29, 0.717) is 4.90 Å². The lowest BCUT2D eigenvalue weighted by atomic mass is 10.1. The number of hydrogen-bond acceptors (Lipinski definition) is 7. The molecule has 1 aliphatic rings. The predicted molar refractivity (Wildman–Crippen MR) is 118 cm³/mol. The molecular weight excluding hydrogens is 455 g/mol. The first-order chi connectivity index (χ1) is 16.6. The number of nitrogens with one attached hydrogen (secondary N) is 1. The summed E-state index contributed by atoms with van der Waals surface area (Å²) in [6.07, 6.45) is 0.913. The number of benzene rings is 2. The Morgan fingerprint density at radius 1 is 1.21 bits per heavy atom. The van der Waals surface area contributed by atoms with Gasteiger partial charge in [0.25, 0.3) is 11.8 Å². The van der Waals surface area contributed by atoms with Gasteiger partial charge in [0.2, 0.25) is 5.91 Å². The highest BCUT2D eigenvalue weighted by atomic mass is 32.2. The highest BCUT2D eigenvalue weighted by Gasteiger charge is 2.44. The smallest absolute Gasteiger partial charge is 0.264 e. The zero-order chi connectivity index (χ0) is 27.0. The van der Waals surface area contributed by atoms with Crippen molar-refractivity contribution in [2.75, 3.05) is 31.0 Å². The van der Waals surface area contributed by atoms with Crippen molar-refractivity contribution in [2.24, 2.45) is 0 Å². The number of rotatable bonds is 8. The van der Waals surface area contributed by atoms with Crippen LogP contribution in [-0.2, 0) is 14.6 Å². The summed E-state index contributed by atoms with van der Waals surface area (Å²) in [5.41, 5.74) is -0.720. The van der Waals surface area contributed by atoms with E-state index in [1.807, 2.05) is 0 Å². The fourth-order valence-corrected chi connectivity index (χ4v) is 4.53. The third-order valence-corrected chi connectivity index (χ3v) is 5.75. The van der Waals surface area contributed by atoms with Crippen LogP contribution in [0.5, 0.6) is 11.5 Å². The first kappa shape index (κ1) is 20.2. The van der Waals surface area contributed by atoms with Crippen LogP contribution in [0.2, 0.25) is 0 Å². The van der Waals surface area contributed by atoms with E-state index in [9.17, 15) is 27.2 Å². The summed E-state index contributed by atoms with van der Waals surface area (Å²) in [6, 6.07) is 4.13. The standard InChI is InChI=1S/C22H23FN2O7S/c1-5-32-19-8-13(6-7-18(19)31-3)17(11-33(4,29)30)25-21(27)15-9-14(23)10-16(24-12(2)26)20(15)22(25)28/h6-10,17H,5,11H2,1-4H3,(H,24,26)/t17-/m1/s1/i3D3. The van der Waals surface area contributed by atoms with Crippen molar-refractivity contribution >= 4 is 33.2 Å². The third-order valence-electron chi connectivity index (χ3n) is 4.83. The fourth-order valence-electron chi connectivity index (χ4n) is 3.61. The number of sulfone groups is 1. The molecule has 0 unspecified atom stereocenters. The number of fused-ring (bicyclic) bond motifs is 1. The van der Waals surface area contributed by atoms with Crippen molar-refractivity contribution < 1.29 is 40.8 Å². The van der Waals surface area contributed by atoms with Crippen LogP contribution in [0.4, 0.5) is 10.1 Å². The molecule has 33 heavy (non-hydrogen) atoms. The lowest BCUT2D eigenvalue weighted by molar-refractivity contribution is -0.114. The number of anilines is 1. The molecule has 1 atom stereocenters. The number of carbonyl (C=O) groups excluding carboxylic acids is 3. The van der Waals surface area contributed by atoms with Gasteiger partial charge in [-0.05, 0) is 36.8 Å². The zero-order valence-corrected chi connectivity index (χ0v) is 18.8. The Morgan fingerprint density at radius 3 is 2.55 bits per heavy atom. The Kier molecular flexibility index (Phi) is 5.61. The Balaban J connectivity index is 2.15. The van der Waals surface area contributed by atoms with Crippen molar-refractivity contribution in [3.63, 3.8) is 0 Å². The fraction of sp³-hybridized carbons (Fsp3) is 0.318. The second-order valence-electron chi connectivity index (χ2n) is 7.39. The third kappa shape index (κ3) is 4.98. The lowest BCUT2D eigenvalue weighted by Gasteiger charge is -2.27. The van der Waals surface area contributed by atoms with E-state index in [2.05, 4.69) is 5.32 Å². The van der Waals surface area contributed by atoms with Crippen molar-refractivity contribution in [3.05, 3.63) is 52.8 Å². The summed E-state index contributed by atoms with van der Waals surface area (Å²) in [5, 5.41) is 2.31. The van der Waals surface area contributed by atoms with E-state index >= 15 is 0 Å². The van der Waals surface area contributed by atoms with Gasteiger partial charge in [-0.2, -0.15) is 0 Å². The van der Waals surface area contributed by atoms with Gasteiger partial charge in [0, 0.05) is 13.2 Å². The van der Waals surface area contributed by atoms with Crippen LogP contribution in [0.15, 0.2) is 30.3 Å². The molecule has 11 heteroatoms. The first-order valence-corrected chi connectivity index (χ1v) is 11.8. The van der Waals surface area contributed by atoms with Crippen LogP contribution in [0.3, 0.4) is 0 Å². The average molecular weight is 482 g/mol. The number of ether oxygens (including phenoxy) is 2. The van der Waals surface area contributed by atoms with Gasteiger partial charge in [0.15, 0.2) is 11.5 Å². The van der Waals surface area contributed by atoms with E-state index in [0.717, 1.165) is 25.3 Å². The summed E-state index contributed by atoms with van der Waals surface area (Å²) in [5.74, 6) is -4.29. The number of methoxy groups -OCH3 is 1. The first-order valence-electron chi connectivity index (χ1n) is 11.2. The molecule has 0 spiro atoms. The Morgan fingerprint density at radius 2 is 1.94 bits per heavy atom. The van der Waals surface area contributed by atoms with Crippen molar-refractivity contribution in [1.29, 1.82) is 0 Å². The molecule has 3 rings (SSSR count). The number of amides is 3. The van der Waals surface area contributed by atoms with Crippen molar-refractivity contribution in [2.45, 2.75) is 19.9 Å². The largest absolute Gasteiger partial charge is 0.493 e. The molecular formula is C22H23FN2O7S. The molecule has 1 aliphatic heterocycles. The summed E-state index contributed by atoms with van der Waals surface area (Å²) in [4.78, 5) is 38.9. The highest BCUT2D eigenvalue weighted by Crippen LogP contribution is 2.39. The lowest BCUT2D eigenvalue weighted by Crippen LogP contribution is -2.37.